The predicted octanol–water partition coefficient (Wildman–Crippen LogP) is 2.64. The zero-order chi connectivity index (χ0) is 12.3. The summed E-state index contributed by atoms with van der Waals surface area (Å²) >= 11 is 5.73. The van der Waals surface area contributed by atoms with Crippen molar-refractivity contribution in [2.45, 2.75) is 19.9 Å². The third-order valence-corrected chi connectivity index (χ3v) is 2.76. The van der Waals surface area contributed by atoms with Crippen molar-refractivity contribution >= 4 is 17.3 Å². The highest BCUT2D eigenvalue weighted by Gasteiger charge is 2.05. The van der Waals surface area contributed by atoms with Gasteiger partial charge >= 0.3 is 0 Å². The number of halogens is 1. The van der Waals surface area contributed by atoms with Gasteiger partial charge in [0.2, 0.25) is 0 Å². The SMILES string of the molecule is CCc1nn(C)cc1CNc1ccc(Cl)nc1. The molecular formula is C12H15ClN4. The number of rotatable bonds is 4. The van der Waals surface area contributed by atoms with Crippen LogP contribution < -0.4 is 5.32 Å². The van der Waals surface area contributed by atoms with Gasteiger partial charge in [-0.1, -0.05) is 18.5 Å². The molecule has 2 heterocycles. The number of nitrogens with zero attached hydrogens (tertiary/aromatic N) is 3. The molecule has 2 aromatic heterocycles. The summed E-state index contributed by atoms with van der Waals surface area (Å²) in [6.45, 7) is 2.86. The van der Waals surface area contributed by atoms with Crippen molar-refractivity contribution in [3.63, 3.8) is 0 Å². The highest BCUT2D eigenvalue weighted by molar-refractivity contribution is 6.29. The Morgan fingerprint density at radius 2 is 2.24 bits per heavy atom. The number of aryl methyl sites for hydroxylation is 2. The Bertz CT molecular complexity index is 490. The van der Waals surface area contributed by atoms with Gasteiger partial charge in [0.15, 0.2) is 0 Å². The van der Waals surface area contributed by atoms with Gasteiger partial charge in [0.05, 0.1) is 17.6 Å². The van der Waals surface area contributed by atoms with E-state index in [4.69, 9.17) is 11.6 Å². The number of hydrogen-bond acceptors (Lipinski definition) is 3. The minimum atomic E-state index is 0.506. The summed E-state index contributed by atoms with van der Waals surface area (Å²) in [6.07, 6.45) is 4.70. The van der Waals surface area contributed by atoms with Gasteiger partial charge in [-0.3, -0.25) is 4.68 Å². The van der Waals surface area contributed by atoms with Crippen LogP contribution in [0.2, 0.25) is 5.15 Å². The monoisotopic (exact) mass is 250 g/mol. The minimum absolute atomic E-state index is 0.506. The van der Waals surface area contributed by atoms with E-state index in [-0.39, 0.29) is 0 Å². The van der Waals surface area contributed by atoms with Crippen molar-refractivity contribution in [3.05, 3.63) is 40.9 Å². The lowest BCUT2D eigenvalue weighted by atomic mass is 10.2. The second kappa shape index (κ2) is 5.19. The van der Waals surface area contributed by atoms with Crippen molar-refractivity contribution in [2.24, 2.45) is 7.05 Å². The van der Waals surface area contributed by atoms with Gasteiger partial charge in [-0.05, 0) is 18.6 Å². The maximum Gasteiger partial charge on any atom is 0.129 e. The molecule has 1 N–H and O–H groups in total. The first-order valence-electron chi connectivity index (χ1n) is 5.56. The highest BCUT2D eigenvalue weighted by Crippen LogP contribution is 2.13. The van der Waals surface area contributed by atoms with E-state index in [0.29, 0.717) is 5.15 Å². The Labute approximate surface area is 106 Å². The molecule has 0 aliphatic heterocycles. The van der Waals surface area contributed by atoms with E-state index >= 15 is 0 Å². The molecule has 2 rings (SSSR count). The number of anilines is 1. The van der Waals surface area contributed by atoms with E-state index in [1.165, 1.54) is 5.56 Å². The standard InChI is InChI=1S/C12H15ClN4/c1-3-11-9(8-17(2)16-11)6-14-10-4-5-12(13)15-7-10/h4-5,7-8,14H,3,6H2,1-2H3. The van der Waals surface area contributed by atoms with Crippen molar-refractivity contribution in [3.8, 4) is 0 Å². The fourth-order valence-corrected chi connectivity index (χ4v) is 1.82. The van der Waals surface area contributed by atoms with Gasteiger partial charge in [-0.15, -0.1) is 0 Å². The van der Waals surface area contributed by atoms with Crippen LogP contribution in [0.4, 0.5) is 5.69 Å². The average Bonchev–Trinajstić information content (AvgIpc) is 2.69. The number of pyridine rings is 1. The topological polar surface area (TPSA) is 42.7 Å². The Hall–Kier alpha value is -1.55. The van der Waals surface area contributed by atoms with E-state index in [9.17, 15) is 0 Å². The summed E-state index contributed by atoms with van der Waals surface area (Å²) < 4.78 is 1.84. The Morgan fingerprint density at radius 1 is 1.41 bits per heavy atom. The molecule has 17 heavy (non-hydrogen) atoms. The summed E-state index contributed by atoms with van der Waals surface area (Å²) in [5, 5.41) is 8.20. The Morgan fingerprint density at radius 3 is 2.88 bits per heavy atom. The minimum Gasteiger partial charge on any atom is -0.380 e. The summed E-state index contributed by atoms with van der Waals surface area (Å²) in [7, 11) is 1.94. The maximum absolute atomic E-state index is 5.73. The van der Waals surface area contributed by atoms with E-state index in [0.717, 1.165) is 24.3 Å². The van der Waals surface area contributed by atoms with Gasteiger partial charge < -0.3 is 5.32 Å². The molecule has 0 saturated heterocycles. The predicted molar refractivity (Wildman–Crippen MR) is 69.2 cm³/mol. The van der Waals surface area contributed by atoms with Crippen molar-refractivity contribution < 1.29 is 0 Å². The van der Waals surface area contributed by atoms with Crippen LogP contribution in [-0.4, -0.2) is 14.8 Å². The van der Waals surface area contributed by atoms with Crippen LogP contribution in [0.5, 0.6) is 0 Å². The molecule has 0 amide bonds. The fourth-order valence-electron chi connectivity index (χ4n) is 1.71. The summed E-state index contributed by atoms with van der Waals surface area (Å²) in [5.41, 5.74) is 3.30. The smallest absolute Gasteiger partial charge is 0.129 e. The van der Waals surface area contributed by atoms with Crippen molar-refractivity contribution in [2.75, 3.05) is 5.32 Å². The molecule has 0 unspecified atom stereocenters. The average molecular weight is 251 g/mol. The second-order valence-corrected chi connectivity index (χ2v) is 4.24. The van der Waals surface area contributed by atoms with Crippen LogP contribution in [0.15, 0.2) is 24.5 Å². The van der Waals surface area contributed by atoms with Gasteiger partial charge in [0, 0.05) is 25.4 Å². The van der Waals surface area contributed by atoms with Crippen molar-refractivity contribution in [1.82, 2.24) is 14.8 Å². The molecule has 90 valence electrons. The van der Waals surface area contributed by atoms with Gasteiger partial charge in [0.25, 0.3) is 0 Å². The van der Waals surface area contributed by atoms with E-state index in [1.54, 1.807) is 12.3 Å². The van der Waals surface area contributed by atoms with E-state index in [1.807, 2.05) is 24.0 Å². The number of hydrogen-bond donors (Lipinski definition) is 1. The molecule has 0 aliphatic carbocycles. The molecule has 0 bridgehead atoms. The normalized spacial score (nSPS) is 10.5. The third-order valence-electron chi connectivity index (χ3n) is 2.54. The Kier molecular flexibility index (Phi) is 3.64. The van der Waals surface area contributed by atoms with Crippen LogP contribution >= 0.6 is 11.6 Å². The van der Waals surface area contributed by atoms with Gasteiger partial charge in [0.1, 0.15) is 5.15 Å². The summed E-state index contributed by atoms with van der Waals surface area (Å²) in [6, 6.07) is 3.69. The lowest BCUT2D eigenvalue weighted by Gasteiger charge is -2.05. The molecule has 2 aromatic rings. The molecule has 5 heteroatoms. The van der Waals surface area contributed by atoms with E-state index in [2.05, 4.69) is 22.3 Å². The van der Waals surface area contributed by atoms with Crippen LogP contribution in [0.25, 0.3) is 0 Å². The first kappa shape index (κ1) is 11.9. The van der Waals surface area contributed by atoms with Crippen molar-refractivity contribution in [1.29, 1.82) is 0 Å². The molecule has 0 radical (unpaired) electrons. The zero-order valence-electron chi connectivity index (χ0n) is 9.94. The van der Waals surface area contributed by atoms with Crippen LogP contribution in [-0.2, 0) is 20.0 Å². The zero-order valence-corrected chi connectivity index (χ0v) is 10.7. The molecule has 0 atom stereocenters. The first-order chi connectivity index (χ1) is 8.19. The lowest BCUT2D eigenvalue weighted by Crippen LogP contribution is -2.01. The second-order valence-electron chi connectivity index (χ2n) is 3.85. The maximum atomic E-state index is 5.73. The summed E-state index contributed by atoms with van der Waals surface area (Å²) in [5.74, 6) is 0. The molecular weight excluding hydrogens is 236 g/mol. The number of aromatic nitrogens is 3. The first-order valence-corrected chi connectivity index (χ1v) is 5.93. The molecule has 4 nitrogen and oxygen atoms in total. The number of nitrogens with one attached hydrogen (secondary N) is 1. The van der Waals surface area contributed by atoms with Gasteiger partial charge in [-0.25, -0.2) is 4.98 Å². The molecule has 0 aromatic carbocycles. The summed E-state index contributed by atoms with van der Waals surface area (Å²) in [4.78, 5) is 4.02. The lowest BCUT2D eigenvalue weighted by molar-refractivity contribution is 0.746. The quantitative estimate of drug-likeness (QED) is 0.849. The molecule has 0 fully saturated rings. The van der Waals surface area contributed by atoms with Crippen LogP contribution in [0, 0.1) is 0 Å². The third kappa shape index (κ3) is 2.97. The fraction of sp³-hybridized carbons (Fsp3) is 0.333. The molecule has 0 aliphatic rings. The van der Waals surface area contributed by atoms with Crippen LogP contribution in [0.3, 0.4) is 0 Å². The highest BCUT2D eigenvalue weighted by atomic mass is 35.5. The largest absolute Gasteiger partial charge is 0.380 e. The van der Waals surface area contributed by atoms with Crippen LogP contribution in [0.1, 0.15) is 18.2 Å². The Balaban J connectivity index is 2.04. The van der Waals surface area contributed by atoms with E-state index < -0.39 is 0 Å². The molecule has 0 saturated carbocycles. The molecule has 0 spiro atoms. The van der Waals surface area contributed by atoms with Gasteiger partial charge in [-0.2, -0.15) is 5.10 Å².